The Morgan fingerprint density at radius 2 is 2.18 bits per heavy atom. The first-order valence-corrected chi connectivity index (χ1v) is 5.69. The summed E-state index contributed by atoms with van der Waals surface area (Å²) in [6.45, 7) is 1.91. The number of nitrogens with one attached hydrogen (secondary N) is 1. The van der Waals surface area contributed by atoms with Gasteiger partial charge in [0, 0.05) is 6.20 Å². The fraction of sp³-hybridized carbons (Fsp3) is 0.300. The van der Waals surface area contributed by atoms with Crippen molar-refractivity contribution in [1.82, 2.24) is 20.4 Å². The molecule has 5 nitrogen and oxygen atoms in total. The van der Waals surface area contributed by atoms with E-state index in [0.717, 1.165) is 0 Å². The summed E-state index contributed by atoms with van der Waals surface area (Å²) in [5.41, 5.74) is 0.453. The van der Waals surface area contributed by atoms with Crippen LogP contribution >= 0.6 is 23.2 Å². The SMILES string of the molecule is CNC(C)c1nc(-c2ncc(Cl)cc2Cl)no1. The molecule has 0 aliphatic carbocycles. The molecule has 0 saturated heterocycles. The highest BCUT2D eigenvalue weighted by atomic mass is 35.5. The van der Waals surface area contributed by atoms with E-state index >= 15 is 0 Å². The monoisotopic (exact) mass is 272 g/mol. The average molecular weight is 273 g/mol. The summed E-state index contributed by atoms with van der Waals surface area (Å²) in [5, 5.41) is 7.68. The molecule has 0 aliphatic heterocycles. The lowest BCUT2D eigenvalue weighted by Crippen LogP contribution is -2.12. The van der Waals surface area contributed by atoms with E-state index in [1.54, 1.807) is 6.07 Å². The van der Waals surface area contributed by atoms with Gasteiger partial charge < -0.3 is 9.84 Å². The number of rotatable bonds is 3. The lowest BCUT2D eigenvalue weighted by molar-refractivity contribution is 0.347. The summed E-state index contributed by atoms with van der Waals surface area (Å²) >= 11 is 11.8. The van der Waals surface area contributed by atoms with Crippen molar-refractivity contribution in [2.75, 3.05) is 7.05 Å². The largest absolute Gasteiger partial charge is 0.337 e. The lowest BCUT2D eigenvalue weighted by Gasteiger charge is -2.01. The molecule has 0 fully saturated rings. The Labute approximate surface area is 108 Å². The summed E-state index contributed by atoms with van der Waals surface area (Å²) in [6, 6.07) is 1.56. The molecule has 1 N–H and O–H groups in total. The molecule has 0 saturated carbocycles. The van der Waals surface area contributed by atoms with E-state index in [1.165, 1.54) is 6.20 Å². The minimum Gasteiger partial charge on any atom is -0.337 e. The van der Waals surface area contributed by atoms with Gasteiger partial charge in [-0.1, -0.05) is 28.4 Å². The first kappa shape index (κ1) is 12.3. The Balaban J connectivity index is 2.37. The molecule has 2 heterocycles. The fourth-order valence-electron chi connectivity index (χ4n) is 1.21. The summed E-state index contributed by atoms with van der Waals surface area (Å²) in [5.74, 6) is 0.832. The van der Waals surface area contributed by atoms with Gasteiger partial charge in [-0.2, -0.15) is 4.98 Å². The van der Waals surface area contributed by atoms with Gasteiger partial charge in [0.05, 0.1) is 16.1 Å². The van der Waals surface area contributed by atoms with Crippen LogP contribution in [0.4, 0.5) is 0 Å². The van der Waals surface area contributed by atoms with Crippen LogP contribution < -0.4 is 5.32 Å². The summed E-state index contributed by atoms with van der Waals surface area (Å²) < 4.78 is 5.10. The summed E-state index contributed by atoms with van der Waals surface area (Å²) in [4.78, 5) is 8.29. The molecule has 90 valence electrons. The first-order valence-electron chi connectivity index (χ1n) is 4.94. The Morgan fingerprint density at radius 3 is 2.82 bits per heavy atom. The third kappa shape index (κ3) is 2.57. The van der Waals surface area contributed by atoms with Gasteiger partial charge in [-0.05, 0) is 20.0 Å². The molecule has 0 aromatic carbocycles. The molecule has 0 amide bonds. The third-order valence-corrected chi connectivity index (χ3v) is 2.76. The van der Waals surface area contributed by atoms with E-state index in [4.69, 9.17) is 27.7 Å². The highest BCUT2D eigenvalue weighted by Gasteiger charge is 2.16. The fourth-order valence-corrected chi connectivity index (χ4v) is 1.67. The first-order chi connectivity index (χ1) is 8.11. The Morgan fingerprint density at radius 1 is 1.41 bits per heavy atom. The Bertz CT molecular complexity index is 529. The number of halogens is 2. The lowest BCUT2D eigenvalue weighted by atomic mass is 10.3. The number of hydrogen-bond acceptors (Lipinski definition) is 5. The minimum atomic E-state index is -0.0256. The van der Waals surface area contributed by atoms with Crippen LogP contribution in [-0.4, -0.2) is 22.2 Å². The van der Waals surface area contributed by atoms with Gasteiger partial charge in [0.2, 0.25) is 11.7 Å². The summed E-state index contributed by atoms with van der Waals surface area (Å²) in [6.07, 6.45) is 1.49. The molecule has 17 heavy (non-hydrogen) atoms. The molecule has 2 aromatic heterocycles. The van der Waals surface area contributed by atoms with Gasteiger partial charge >= 0.3 is 0 Å². The molecule has 0 aliphatic rings. The Kier molecular flexibility index (Phi) is 3.61. The van der Waals surface area contributed by atoms with E-state index < -0.39 is 0 Å². The molecular weight excluding hydrogens is 263 g/mol. The van der Waals surface area contributed by atoms with Crippen LogP contribution in [0.15, 0.2) is 16.8 Å². The van der Waals surface area contributed by atoms with Crippen molar-refractivity contribution in [2.24, 2.45) is 0 Å². The van der Waals surface area contributed by atoms with Crippen molar-refractivity contribution in [3.8, 4) is 11.5 Å². The number of aromatic nitrogens is 3. The van der Waals surface area contributed by atoms with E-state index in [9.17, 15) is 0 Å². The molecule has 0 bridgehead atoms. The quantitative estimate of drug-likeness (QED) is 0.931. The normalized spacial score (nSPS) is 12.7. The minimum absolute atomic E-state index is 0.0256. The molecule has 0 radical (unpaired) electrons. The van der Waals surface area contributed by atoms with Gasteiger partial charge in [-0.15, -0.1) is 0 Å². The summed E-state index contributed by atoms with van der Waals surface area (Å²) in [7, 11) is 1.81. The van der Waals surface area contributed by atoms with Gasteiger partial charge in [0.25, 0.3) is 0 Å². The van der Waals surface area contributed by atoms with Gasteiger partial charge in [-0.25, -0.2) is 4.98 Å². The second-order valence-corrected chi connectivity index (χ2v) is 4.29. The Hall–Kier alpha value is -1.17. The van der Waals surface area contributed by atoms with Crippen LogP contribution in [0.25, 0.3) is 11.5 Å². The molecule has 2 rings (SSSR count). The van der Waals surface area contributed by atoms with Crippen LogP contribution in [0.2, 0.25) is 10.0 Å². The predicted molar refractivity (Wildman–Crippen MR) is 65.0 cm³/mol. The van der Waals surface area contributed by atoms with E-state index in [0.29, 0.717) is 27.5 Å². The molecule has 7 heteroatoms. The topological polar surface area (TPSA) is 63.8 Å². The van der Waals surface area contributed by atoms with Crippen molar-refractivity contribution < 1.29 is 4.52 Å². The second kappa shape index (κ2) is 5.00. The zero-order valence-corrected chi connectivity index (χ0v) is 10.7. The van der Waals surface area contributed by atoms with E-state index in [1.807, 2.05) is 14.0 Å². The highest BCUT2D eigenvalue weighted by Crippen LogP contribution is 2.26. The smallest absolute Gasteiger partial charge is 0.243 e. The molecule has 0 spiro atoms. The molecule has 2 aromatic rings. The number of pyridine rings is 1. The average Bonchev–Trinajstić information content (AvgIpc) is 2.77. The second-order valence-electron chi connectivity index (χ2n) is 3.45. The van der Waals surface area contributed by atoms with Crippen molar-refractivity contribution >= 4 is 23.2 Å². The van der Waals surface area contributed by atoms with E-state index in [2.05, 4.69) is 20.4 Å². The third-order valence-electron chi connectivity index (χ3n) is 2.26. The van der Waals surface area contributed by atoms with Crippen LogP contribution in [0.1, 0.15) is 18.9 Å². The van der Waals surface area contributed by atoms with Gasteiger partial charge in [0.1, 0.15) is 5.69 Å². The van der Waals surface area contributed by atoms with Crippen LogP contribution in [0.5, 0.6) is 0 Å². The molecule has 1 atom stereocenters. The molecule has 1 unspecified atom stereocenters. The van der Waals surface area contributed by atoms with Crippen LogP contribution in [0, 0.1) is 0 Å². The van der Waals surface area contributed by atoms with E-state index in [-0.39, 0.29) is 6.04 Å². The number of nitrogens with zero attached hydrogens (tertiary/aromatic N) is 3. The van der Waals surface area contributed by atoms with Gasteiger partial charge in [-0.3, -0.25) is 0 Å². The number of hydrogen-bond donors (Lipinski definition) is 1. The van der Waals surface area contributed by atoms with Crippen LogP contribution in [0.3, 0.4) is 0 Å². The van der Waals surface area contributed by atoms with Crippen LogP contribution in [-0.2, 0) is 0 Å². The van der Waals surface area contributed by atoms with Crippen molar-refractivity contribution in [3.05, 3.63) is 28.2 Å². The van der Waals surface area contributed by atoms with Crippen molar-refractivity contribution in [2.45, 2.75) is 13.0 Å². The maximum atomic E-state index is 6.00. The van der Waals surface area contributed by atoms with Crippen molar-refractivity contribution in [1.29, 1.82) is 0 Å². The molecular formula is C10H10Cl2N4O. The maximum Gasteiger partial charge on any atom is 0.243 e. The predicted octanol–water partition coefficient (Wildman–Crippen LogP) is 2.72. The van der Waals surface area contributed by atoms with Gasteiger partial charge in [0.15, 0.2) is 0 Å². The van der Waals surface area contributed by atoms with Crippen molar-refractivity contribution in [3.63, 3.8) is 0 Å². The maximum absolute atomic E-state index is 6.00. The zero-order chi connectivity index (χ0) is 12.4. The standard InChI is InChI=1S/C10H10Cl2N4O/c1-5(13-2)10-15-9(16-17-10)8-7(12)3-6(11)4-14-8/h3-5,13H,1-2H3. The highest BCUT2D eigenvalue weighted by molar-refractivity contribution is 6.35. The zero-order valence-electron chi connectivity index (χ0n) is 9.24.